The Morgan fingerprint density at radius 1 is 1.30 bits per heavy atom. The summed E-state index contributed by atoms with van der Waals surface area (Å²) in [6, 6.07) is 0. The monoisotopic (exact) mass is 307 g/mol. The van der Waals surface area contributed by atoms with Gasteiger partial charge in [0.05, 0.1) is 6.10 Å². The van der Waals surface area contributed by atoms with E-state index in [0.29, 0.717) is 38.7 Å². The highest BCUT2D eigenvalue weighted by Gasteiger charge is 2.26. The van der Waals surface area contributed by atoms with Crippen LogP contribution in [0.15, 0.2) is 0 Å². The molecule has 1 aliphatic heterocycles. The topological polar surface area (TPSA) is 84.7 Å². The summed E-state index contributed by atoms with van der Waals surface area (Å²) < 4.78 is 33.8. The fourth-order valence-corrected chi connectivity index (χ4v) is 3.50. The lowest BCUT2D eigenvalue weighted by Crippen LogP contribution is -2.46. The van der Waals surface area contributed by atoms with Crippen LogP contribution in [0, 0.1) is 5.92 Å². The number of unbranched alkanes of at least 4 members (excludes halogenated alkanes) is 1. The van der Waals surface area contributed by atoms with Crippen LogP contribution in [0.4, 0.5) is 0 Å². The third kappa shape index (κ3) is 6.49. The van der Waals surface area contributed by atoms with Gasteiger partial charge in [-0.25, -0.2) is 4.72 Å². The third-order valence-corrected chi connectivity index (χ3v) is 5.17. The number of hydrogen-bond acceptors (Lipinski definition) is 4. The van der Waals surface area contributed by atoms with Crippen molar-refractivity contribution in [3.05, 3.63) is 0 Å². The number of nitrogens with zero attached hydrogens (tertiary/aromatic N) is 1. The summed E-state index contributed by atoms with van der Waals surface area (Å²) in [5.41, 5.74) is 5.61. The Morgan fingerprint density at radius 2 is 1.95 bits per heavy atom. The van der Waals surface area contributed by atoms with Gasteiger partial charge in [0.1, 0.15) is 0 Å². The molecule has 0 saturated carbocycles. The largest absolute Gasteiger partial charge is 0.379 e. The molecule has 0 aromatic rings. The van der Waals surface area contributed by atoms with Crippen molar-refractivity contribution in [1.29, 1.82) is 0 Å². The van der Waals surface area contributed by atoms with Gasteiger partial charge in [-0.2, -0.15) is 12.7 Å². The van der Waals surface area contributed by atoms with Gasteiger partial charge in [0.15, 0.2) is 0 Å². The van der Waals surface area contributed by atoms with Gasteiger partial charge in [0.25, 0.3) is 10.2 Å². The van der Waals surface area contributed by atoms with Crippen LogP contribution in [0.3, 0.4) is 0 Å². The molecule has 0 aromatic carbocycles. The van der Waals surface area contributed by atoms with Gasteiger partial charge >= 0.3 is 0 Å². The molecular weight excluding hydrogens is 278 g/mol. The number of rotatable bonds is 9. The van der Waals surface area contributed by atoms with E-state index >= 15 is 0 Å². The molecule has 120 valence electrons. The smallest absolute Gasteiger partial charge is 0.279 e. The normalized spacial score (nSPS) is 18.8. The third-order valence-electron chi connectivity index (χ3n) is 3.55. The van der Waals surface area contributed by atoms with Crippen molar-refractivity contribution in [3.8, 4) is 0 Å². The SMILES string of the molecule is CC(C)OCCCCNS(=O)(=O)N1CCC(CN)CC1. The van der Waals surface area contributed by atoms with Crippen LogP contribution < -0.4 is 10.5 Å². The molecule has 0 spiro atoms. The predicted octanol–water partition coefficient (Wildman–Crippen LogP) is 0.697. The number of piperidine rings is 1. The summed E-state index contributed by atoms with van der Waals surface area (Å²) >= 11 is 0. The van der Waals surface area contributed by atoms with Gasteiger partial charge in [-0.3, -0.25) is 0 Å². The number of nitrogens with one attached hydrogen (secondary N) is 1. The predicted molar refractivity (Wildman–Crippen MR) is 80.6 cm³/mol. The van der Waals surface area contributed by atoms with E-state index in [-0.39, 0.29) is 6.10 Å². The molecule has 20 heavy (non-hydrogen) atoms. The molecule has 0 aliphatic carbocycles. The van der Waals surface area contributed by atoms with Gasteiger partial charge in [0, 0.05) is 26.2 Å². The lowest BCUT2D eigenvalue weighted by atomic mass is 9.99. The summed E-state index contributed by atoms with van der Waals surface area (Å²) in [6.45, 7) is 6.95. The van der Waals surface area contributed by atoms with Crippen molar-refractivity contribution < 1.29 is 13.2 Å². The zero-order valence-electron chi connectivity index (χ0n) is 12.7. The van der Waals surface area contributed by atoms with Gasteiger partial charge < -0.3 is 10.5 Å². The van der Waals surface area contributed by atoms with Crippen molar-refractivity contribution in [3.63, 3.8) is 0 Å². The van der Waals surface area contributed by atoms with Crippen LogP contribution in [0.5, 0.6) is 0 Å². The van der Waals surface area contributed by atoms with E-state index in [0.717, 1.165) is 25.7 Å². The van der Waals surface area contributed by atoms with Gasteiger partial charge in [-0.05, 0) is 52.0 Å². The molecule has 1 heterocycles. The van der Waals surface area contributed by atoms with Crippen molar-refractivity contribution >= 4 is 10.2 Å². The Kier molecular flexibility index (Phi) is 7.98. The molecule has 7 heteroatoms. The maximum atomic E-state index is 12.1. The standard InChI is InChI=1S/C13H29N3O3S/c1-12(2)19-10-4-3-7-15-20(17,18)16-8-5-13(11-14)6-9-16/h12-13,15H,3-11,14H2,1-2H3. The van der Waals surface area contributed by atoms with Crippen molar-refractivity contribution in [2.75, 3.05) is 32.8 Å². The highest BCUT2D eigenvalue weighted by molar-refractivity contribution is 7.87. The van der Waals surface area contributed by atoms with Crippen molar-refractivity contribution in [2.24, 2.45) is 11.7 Å². The van der Waals surface area contributed by atoms with Gasteiger partial charge in [-0.1, -0.05) is 0 Å². The second-order valence-corrected chi connectivity index (χ2v) is 7.36. The average molecular weight is 307 g/mol. The van der Waals surface area contributed by atoms with E-state index in [1.165, 1.54) is 4.31 Å². The maximum Gasteiger partial charge on any atom is 0.279 e. The van der Waals surface area contributed by atoms with E-state index in [1.54, 1.807) is 0 Å². The Hall–Kier alpha value is -0.210. The molecule has 1 fully saturated rings. The molecule has 0 unspecified atom stereocenters. The lowest BCUT2D eigenvalue weighted by Gasteiger charge is -2.30. The first-order valence-corrected chi connectivity index (χ1v) is 8.96. The lowest BCUT2D eigenvalue weighted by molar-refractivity contribution is 0.0762. The summed E-state index contributed by atoms with van der Waals surface area (Å²) in [6.07, 6.45) is 3.62. The van der Waals surface area contributed by atoms with E-state index in [2.05, 4.69) is 4.72 Å². The second-order valence-electron chi connectivity index (χ2n) is 5.60. The molecule has 0 atom stereocenters. The van der Waals surface area contributed by atoms with Crippen LogP contribution >= 0.6 is 0 Å². The molecule has 0 amide bonds. The fraction of sp³-hybridized carbons (Fsp3) is 1.00. The van der Waals surface area contributed by atoms with Crippen LogP contribution in [0.2, 0.25) is 0 Å². The summed E-state index contributed by atoms with van der Waals surface area (Å²) in [7, 11) is -3.32. The maximum absolute atomic E-state index is 12.1. The van der Waals surface area contributed by atoms with Crippen LogP contribution in [-0.4, -0.2) is 51.6 Å². The molecule has 6 nitrogen and oxygen atoms in total. The molecule has 3 N–H and O–H groups in total. The minimum absolute atomic E-state index is 0.232. The van der Waals surface area contributed by atoms with Gasteiger partial charge in [0.2, 0.25) is 0 Å². The Morgan fingerprint density at radius 3 is 2.50 bits per heavy atom. The average Bonchev–Trinajstić information content (AvgIpc) is 2.42. The summed E-state index contributed by atoms with van der Waals surface area (Å²) in [5.74, 6) is 0.467. The van der Waals surface area contributed by atoms with Crippen LogP contribution in [0.25, 0.3) is 0 Å². The van der Waals surface area contributed by atoms with Crippen molar-refractivity contribution in [2.45, 2.75) is 45.6 Å². The Bertz CT molecular complexity index is 352. The van der Waals surface area contributed by atoms with E-state index in [1.807, 2.05) is 13.8 Å². The minimum Gasteiger partial charge on any atom is -0.379 e. The summed E-state index contributed by atoms with van der Waals surface area (Å²) in [5, 5.41) is 0. The fourth-order valence-electron chi connectivity index (χ4n) is 2.22. The highest BCUT2D eigenvalue weighted by Crippen LogP contribution is 2.17. The van der Waals surface area contributed by atoms with Gasteiger partial charge in [-0.15, -0.1) is 0 Å². The minimum atomic E-state index is -3.32. The first-order chi connectivity index (χ1) is 9.45. The number of nitrogens with two attached hydrogens (primary N) is 1. The van der Waals surface area contributed by atoms with E-state index in [9.17, 15) is 8.42 Å². The summed E-state index contributed by atoms with van der Waals surface area (Å²) in [4.78, 5) is 0. The van der Waals surface area contributed by atoms with Crippen LogP contribution in [-0.2, 0) is 14.9 Å². The molecule has 0 radical (unpaired) electrons. The zero-order chi connectivity index (χ0) is 15.0. The molecule has 0 aromatic heterocycles. The Labute approximate surface area is 123 Å². The van der Waals surface area contributed by atoms with Crippen molar-refractivity contribution in [1.82, 2.24) is 9.03 Å². The van der Waals surface area contributed by atoms with Crippen LogP contribution in [0.1, 0.15) is 39.5 Å². The molecule has 1 saturated heterocycles. The Balaban J connectivity index is 2.18. The quantitative estimate of drug-likeness (QED) is 0.614. The zero-order valence-corrected chi connectivity index (χ0v) is 13.5. The molecule has 1 aliphatic rings. The highest BCUT2D eigenvalue weighted by atomic mass is 32.2. The van der Waals surface area contributed by atoms with E-state index < -0.39 is 10.2 Å². The first-order valence-electron chi connectivity index (χ1n) is 7.52. The molecule has 0 bridgehead atoms. The number of ether oxygens (including phenoxy) is 1. The molecule has 1 rings (SSSR count). The van der Waals surface area contributed by atoms with E-state index in [4.69, 9.17) is 10.5 Å². The molecular formula is C13H29N3O3S. The number of hydrogen-bond donors (Lipinski definition) is 2. The first kappa shape index (κ1) is 17.8. The second kappa shape index (κ2) is 8.94.